The summed E-state index contributed by atoms with van der Waals surface area (Å²) in [5.41, 5.74) is 13.8. The highest BCUT2D eigenvalue weighted by Gasteiger charge is 2.43. The van der Waals surface area contributed by atoms with E-state index in [9.17, 15) is 0 Å². The molecule has 0 atom stereocenters. The summed E-state index contributed by atoms with van der Waals surface area (Å²) < 4.78 is 2.52. The SMILES string of the molecule is Cc1c(C)n2c3c(cc(C4(CN)CC4)cc13)CCC2. The Kier molecular flexibility index (Phi) is 2.21. The lowest BCUT2D eigenvalue weighted by Gasteiger charge is -2.20. The minimum Gasteiger partial charge on any atom is -0.344 e. The van der Waals surface area contributed by atoms with Crippen molar-refractivity contribution in [2.24, 2.45) is 5.73 Å². The first-order valence-corrected chi connectivity index (χ1v) is 7.49. The Bertz CT molecular complexity index is 674. The zero-order valence-electron chi connectivity index (χ0n) is 11.9. The highest BCUT2D eigenvalue weighted by atomic mass is 15.0. The Hall–Kier alpha value is -1.28. The Balaban J connectivity index is 2.04. The van der Waals surface area contributed by atoms with Gasteiger partial charge in [-0.25, -0.2) is 0 Å². The van der Waals surface area contributed by atoms with Gasteiger partial charge in [0, 0.05) is 29.6 Å². The summed E-state index contributed by atoms with van der Waals surface area (Å²) >= 11 is 0. The van der Waals surface area contributed by atoms with Crippen LogP contribution in [0.15, 0.2) is 12.1 Å². The molecule has 2 N–H and O–H groups in total. The average Bonchev–Trinajstić information content (AvgIpc) is 3.20. The van der Waals surface area contributed by atoms with Gasteiger partial charge in [-0.15, -0.1) is 0 Å². The fraction of sp³-hybridized carbons (Fsp3) is 0.529. The lowest BCUT2D eigenvalue weighted by Crippen LogP contribution is -2.20. The third-order valence-corrected chi connectivity index (χ3v) is 5.49. The minimum absolute atomic E-state index is 0.310. The van der Waals surface area contributed by atoms with Crippen LogP contribution in [0, 0.1) is 13.8 Å². The Labute approximate surface area is 114 Å². The first-order chi connectivity index (χ1) is 9.16. The normalized spacial score (nSPS) is 19.9. The summed E-state index contributed by atoms with van der Waals surface area (Å²) in [5, 5.41) is 1.48. The summed E-state index contributed by atoms with van der Waals surface area (Å²) in [7, 11) is 0. The molecule has 0 saturated heterocycles. The number of nitrogens with zero attached hydrogens (tertiary/aromatic N) is 1. The Morgan fingerprint density at radius 1 is 1.26 bits per heavy atom. The van der Waals surface area contributed by atoms with Gasteiger partial charge in [-0.2, -0.15) is 0 Å². The van der Waals surface area contributed by atoms with Gasteiger partial charge in [0.15, 0.2) is 0 Å². The van der Waals surface area contributed by atoms with Crippen molar-refractivity contribution in [3.63, 3.8) is 0 Å². The van der Waals surface area contributed by atoms with Gasteiger partial charge < -0.3 is 10.3 Å². The molecule has 1 aromatic carbocycles. The minimum atomic E-state index is 0.310. The maximum atomic E-state index is 6.02. The van der Waals surface area contributed by atoms with Gasteiger partial charge >= 0.3 is 0 Å². The second-order valence-corrected chi connectivity index (χ2v) is 6.48. The van der Waals surface area contributed by atoms with Crippen molar-refractivity contribution in [3.05, 3.63) is 34.5 Å². The van der Waals surface area contributed by atoms with E-state index in [4.69, 9.17) is 5.73 Å². The maximum Gasteiger partial charge on any atom is 0.0517 e. The molecule has 0 spiro atoms. The van der Waals surface area contributed by atoms with Crippen molar-refractivity contribution < 1.29 is 0 Å². The van der Waals surface area contributed by atoms with Gasteiger partial charge in [0.1, 0.15) is 0 Å². The maximum absolute atomic E-state index is 6.02. The zero-order chi connectivity index (χ0) is 13.2. The predicted octanol–water partition coefficient (Wildman–Crippen LogP) is 3.19. The highest BCUT2D eigenvalue weighted by molar-refractivity contribution is 5.89. The van der Waals surface area contributed by atoms with E-state index >= 15 is 0 Å². The molecule has 0 radical (unpaired) electrons. The van der Waals surface area contributed by atoms with Gasteiger partial charge in [0.2, 0.25) is 0 Å². The van der Waals surface area contributed by atoms with Crippen LogP contribution in [-0.2, 0) is 18.4 Å². The second kappa shape index (κ2) is 3.63. The highest BCUT2D eigenvalue weighted by Crippen LogP contribution is 2.49. The molecule has 1 aliphatic carbocycles. The molecule has 1 saturated carbocycles. The van der Waals surface area contributed by atoms with E-state index in [1.807, 2.05) is 0 Å². The van der Waals surface area contributed by atoms with Crippen LogP contribution in [0.5, 0.6) is 0 Å². The molecular formula is C17H22N2. The number of rotatable bonds is 2. The molecule has 2 aromatic rings. The summed E-state index contributed by atoms with van der Waals surface area (Å²) in [6, 6.07) is 4.89. The number of hydrogen-bond donors (Lipinski definition) is 1. The largest absolute Gasteiger partial charge is 0.344 e. The number of nitrogens with two attached hydrogens (primary N) is 1. The van der Waals surface area contributed by atoms with Gasteiger partial charge in [-0.3, -0.25) is 0 Å². The van der Waals surface area contributed by atoms with Crippen LogP contribution >= 0.6 is 0 Å². The first-order valence-electron chi connectivity index (χ1n) is 7.49. The van der Waals surface area contributed by atoms with Crippen molar-refractivity contribution in [2.75, 3.05) is 6.54 Å². The van der Waals surface area contributed by atoms with Crippen molar-refractivity contribution in [3.8, 4) is 0 Å². The standard InChI is InChI=1S/C17H22N2/c1-11-12(2)19-7-3-4-13-8-14(9-15(11)16(13)19)17(10-18)5-6-17/h8-9H,3-7,10,18H2,1-2H3. The first kappa shape index (κ1) is 11.5. The average molecular weight is 254 g/mol. The summed E-state index contributed by atoms with van der Waals surface area (Å²) in [6.07, 6.45) is 5.05. The number of benzene rings is 1. The molecule has 2 nitrogen and oxygen atoms in total. The van der Waals surface area contributed by atoms with Gasteiger partial charge in [-0.05, 0) is 62.3 Å². The molecule has 2 heteroatoms. The molecule has 0 unspecified atom stereocenters. The van der Waals surface area contributed by atoms with E-state index in [-0.39, 0.29) is 0 Å². The molecule has 100 valence electrons. The van der Waals surface area contributed by atoms with Gasteiger partial charge in [0.25, 0.3) is 0 Å². The molecule has 1 aliphatic heterocycles. The molecule has 19 heavy (non-hydrogen) atoms. The number of aryl methyl sites for hydroxylation is 3. The zero-order valence-corrected chi connectivity index (χ0v) is 11.9. The van der Waals surface area contributed by atoms with Crippen LogP contribution in [0.4, 0.5) is 0 Å². The van der Waals surface area contributed by atoms with Crippen LogP contribution in [0.1, 0.15) is 41.6 Å². The van der Waals surface area contributed by atoms with Crippen LogP contribution < -0.4 is 5.73 Å². The van der Waals surface area contributed by atoms with Crippen LogP contribution in [0.25, 0.3) is 10.9 Å². The molecule has 0 amide bonds. The van der Waals surface area contributed by atoms with Crippen LogP contribution in [-0.4, -0.2) is 11.1 Å². The van der Waals surface area contributed by atoms with Crippen molar-refractivity contribution in [1.82, 2.24) is 4.57 Å². The van der Waals surface area contributed by atoms with Crippen LogP contribution in [0.2, 0.25) is 0 Å². The van der Waals surface area contributed by atoms with Crippen molar-refractivity contribution in [2.45, 2.75) is 51.5 Å². The summed E-state index contributed by atoms with van der Waals surface area (Å²) in [4.78, 5) is 0. The topological polar surface area (TPSA) is 30.9 Å². The fourth-order valence-electron chi connectivity index (χ4n) is 3.83. The summed E-state index contributed by atoms with van der Waals surface area (Å²) in [5.74, 6) is 0. The van der Waals surface area contributed by atoms with Gasteiger partial charge in [0.05, 0.1) is 5.52 Å². The Morgan fingerprint density at radius 3 is 2.74 bits per heavy atom. The lowest BCUT2D eigenvalue weighted by atomic mass is 9.90. The van der Waals surface area contributed by atoms with E-state index in [0.29, 0.717) is 5.41 Å². The molecular weight excluding hydrogens is 232 g/mol. The fourth-order valence-corrected chi connectivity index (χ4v) is 3.83. The van der Waals surface area contributed by atoms with Crippen LogP contribution in [0.3, 0.4) is 0 Å². The monoisotopic (exact) mass is 254 g/mol. The van der Waals surface area contributed by atoms with Crippen molar-refractivity contribution >= 4 is 10.9 Å². The Morgan fingerprint density at radius 2 is 2.05 bits per heavy atom. The van der Waals surface area contributed by atoms with E-state index < -0.39 is 0 Å². The van der Waals surface area contributed by atoms with E-state index in [2.05, 4.69) is 30.5 Å². The van der Waals surface area contributed by atoms with Gasteiger partial charge in [-0.1, -0.05) is 6.07 Å². The third-order valence-electron chi connectivity index (χ3n) is 5.49. The predicted molar refractivity (Wildman–Crippen MR) is 79.7 cm³/mol. The molecule has 2 aliphatic rings. The number of hydrogen-bond acceptors (Lipinski definition) is 1. The second-order valence-electron chi connectivity index (χ2n) is 6.48. The molecule has 0 bridgehead atoms. The van der Waals surface area contributed by atoms with E-state index in [0.717, 1.165) is 6.54 Å². The third kappa shape index (κ3) is 1.41. The molecule has 1 fully saturated rings. The molecule has 2 heterocycles. The van der Waals surface area contributed by atoms with Crippen molar-refractivity contribution in [1.29, 1.82) is 0 Å². The number of aromatic nitrogens is 1. The molecule has 1 aromatic heterocycles. The smallest absolute Gasteiger partial charge is 0.0517 e. The molecule has 4 rings (SSSR count). The quantitative estimate of drug-likeness (QED) is 0.876. The van der Waals surface area contributed by atoms with E-state index in [1.165, 1.54) is 60.0 Å². The summed E-state index contributed by atoms with van der Waals surface area (Å²) in [6.45, 7) is 6.52. The lowest BCUT2D eigenvalue weighted by molar-refractivity contribution is 0.620. The van der Waals surface area contributed by atoms with E-state index in [1.54, 1.807) is 5.56 Å².